The average Bonchev–Trinajstić information content (AvgIpc) is 3.15. The van der Waals surface area contributed by atoms with Crippen LogP contribution in [0, 0.1) is 13.8 Å². The predicted molar refractivity (Wildman–Crippen MR) is 76.5 cm³/mol. The van der Waals surface area contributed by atoms with Crippen molar-refractivity contribution >= 4 is 11.9 Å². The third kappa shape index (κ3) is 2.71. The quantitative estimate of drug-likeness (QED) is 0.928. The Balaban J connectivity index is 1.70. The lowest BCUT2D eigenvalue weighted by Gasteiger charge is -2.09. The van der Waals surface area contributed by atoms with Crippen LogP contribution in [0.5, 0.6) is 0 Å². The van der Waals surface area contributed by atoms with Gasteiger partial charge in [-0.3, -0.25) is 14.7 Å². The van der Waals surface area contributed by atoms with Crippen molar-refractivity contribution in [2.24, 2.45) is 0 Å². The van der Waals surface area contributed by atoms with Gasteiger partial charge in [0.2, 0.25) is 11.9 Å². The first-order chi connectivity index (χ1) is 9.63. The summed E-state index contributed by atoms with van der Waals surface area (Å²) in [5.74, 6) is 0.511. The maximum absolute atomic E-state index is 12.1. The van der Waals surface area contributed by atoms with Gasteiger partial charge < -0.3 is 0 Å². The summed E-state index contributed by atoms with van der Waals surface area (Å²) in [6.07, 6.45) is 4.33. The van der Waals surface area contributed by atoms with Gasteiger partial charge in [0, 0.05) is 6.04 Å². The van der Waals surface area contributed by atoms with Gasteiger partial charge in [0.25, 0.3) is 0 Å². The van der Waals surface area contributed by atoms with Gasteiger partial charge in [0.05, 0.1) is 6.42 Å². The molecular weight excluding hydrogens is 252 g/mol. The molecule has 1 heterocycles. The standard InChI is InChI=1S/C15H18N4O/c1-10-3-4-11(2)12(7-10)8-14(20)17-15-18-16-9-19(15)13-5-6-13/h3-4,7,9,13H,5-6,8H2,1-2H3,(H,17,18,20). The summed E-state index contributed by atoms with van der Waals surface area (Å²) in [6.45, 7) is 4.05. The zero-order valence-electron chi connectivity index (χ0n) is 11.8. The van der Waals surface area contributed by atoms with Crippen LogP contribution in [0.25, 0.3) is 0 Å². The van der Waals surface area contributed by atoms with Crippen molar-refractivity contribution in [2.45, 2.75) is 39.2 Å². The van der Waals surface area contributed by atoms with Crippen LogP contribution in [0.4, 0.5) is 5.95 Å². The van der Waals surface area contributed by atoms with E-state index in [-0.39, 0.29) is 5.91 Å². The molecule has 0 atom stereocenters. The first-order valence-corrected chi connectivity index (χ1v) is 6.89. The second-order valence-corrected chi connectivity index (χ2v) is 5.45. The Labute approximate surface area is 118 Å². The molecule has 1 amide bonds. The number of carbonyl (C=O) groups excluding carboxylic acids is 1. The molecule has 104 valence electrons. The second kappa shape index (κ2) is 5.07. The number of anilines is 1. The monoisotopic (exact) mass is 270 g/mol. The Kier molecular flexibility index (Phi) is 3.26. The SMILES string of the molecule is Cc1ccc(C)c(CC(=O)Nc2nncn2C2CC2)c1. The van der Waals surface area contributed by atoms with E-state index in [1.165, 1.54) is 5.56 Å². The Morgan fingerprint density at radius 2 is 2.20 bits per heavy atom. The van der Waals surface area contributed by atoms with E-state index in [9.17, 15) is 4.79 Å². The number of hydrogen-bond acceptors (Lipinski definition) is 3. The maximum Gasteiger partial charge on any atom is 0.231 e. The molecule has 5 heteroatoms. The van der Waals surface area contributed by atoms with E-state index in [4.69, 9.17) is 0 Å². The predicted octanol–water partition coefficient (Wildman–Crippen LogP) is 2.41. The highest BCUT2D eigenvalue weighted by Gasteiger charge is 2.26. The van der Waals surface area contributed by atoms with E-state index in [0.29, 0.717) is 18.4 Å². The highest BCUT2D eigenvalue weighted by Crippen LogP contribution is 2.36. The first-order valence-electron chi connectivity index (χ1n) is 6.89. The molecular formula is C15H18N4O. The Hall–Kier alpha value is -2.17. The minimum Gasteiger partial charge on any atom is -0.297 e. The van der Waals surface area contributed by atoms with E-state index in [2.05, 4.69) is 27.6 Å². The molecule has 3 rings (SSSR count). The molecule has 0 unspecified atom stereocenters. The van der Waals surface area contributed by atoms with Crippen molar-refractivity contribution in [3.63, 3.8) is 0 Å². The van der Waals surface area contributed by atoms with Crippen LogP contribution in [0.1, 0.15) is 35.6 Å². The van der Waals surface area contributed by atoms with Crippen LogP contribution < -0.4 is 5.32 Å². The van der Waals surface area contributed by atoms with Gasteiger partial charge in [-0.05, 0) is 37.8 Å². The molecule has 1 saturated carbocycles. The van der Waals surface area contributed by atoms with E-state index >= 15 is 0 Å². The molecule has 0 aliphatic heterocycles. The molecule has 0 radical (unpaired) electrons. The van der Waals surface area contributed by atoms with Crippen LogP contribution in [-0.4, -0.2) is 20.7 Å². The van der Waals surface area contributed by atoms with Crippen LogP contribution in [0.3, 0.4) is 0 Å². The first kappa shape index (κ1) is 12.8. The minimum absolute atomic E-state index is 0.0476. The Morgan fingerprint density at radius 3 is 2.95 bits per heavy atom. The van der Waals surface area contributed by atoms with Crippen LogP contribution in [-0.2, 0) is 11.2 Å². The summed E-state index contributed by atoms with van der Waals surface area (Å²) in [4.78, 5) is 12.1. The number of aromatic nitrogens is 3. The highest BCUT2D eigenvalue weighted by atomic mass is 16.1. The number of rotatable bonds is 4. The maximum atomic E-state index is 12.1. The van der Waals surface area contributed by atoms with Crippen molar-refractivity contribution in [3.05, 3.63) is 41.2 Å². The lowest BCUT2D eigenvalue weighted by atomic mass is 10.0. The second-order valence-electron chi connectivity index (χ2n) is 5.45. The number of aryl methyl sites for hydroxylation is 2. The molecule has 1 aliphatic rings. The molecule has 0 saturated heterocycles. The van der Waals surface area contributed by atoms with Gasteiger partial charge in [0.15, 0.2) is 0 Å². The fourth-order valence-corrected chi connectivity index (χ4v) is 2.28. The molecule has 1 aromatic carbocycles. The molecule has 1 aliphatic carbocycles. The summed E-state index contributed by atoms with van der Waals surface area (Å²) in [6, 6.07) is 6.62. The smallest absolute Gasteiger partial charge is 0.231 e. The summed E-state index contributed by atoms with van der Waals surface area (Å²) < 4.78 is 1.95. The van der Waals surface area contributed by atoms with Crippen LogP contribution in [0.2, 0.25) is 0 Å². The Bertz CT molecular complexity index is 643. The fourth-order valence-electron chi connectivity index (χ4n) is 2.28. The zero-order chi connectivity index (χ0) is 14.1. The number of hydrogen-bond donors (Lipinski definition) is 1. The van der Waals surface area contributed by atoms with E-state index in [1.807, 2.05) is 24.5 Å². The van der Waals surface area contributed by atoms with Crippen molar-refractivity contribution in [1.29, 1.82) is 0 Å². The largest absolute Gasteiger partial charge is 0.297 e. The number of benzene rings is 1. The van der Waals surface area contributed by atoms with E-state index in [0.717, 1.165) is 24.0 Å². The lowest BCUT2D eigenvalue weighted by Crippen LogP contribution is -2.18. The van der Waals surface area contributed by atoms with Gasteiger partial charge in [-0.2, -0.15) is 0 Å². The molecule has 0 bridgehead atoms. The summed E-state index contributed by atoms with van der Waals surface area (Å²) in [7, 11) is 0. The van der Waals surface area contributed by atoms with Gasteiger partial charge in [0.1, 0.15) is 6.33 Å². The van der Waals surface area contributed by atoms with Gasteiger partial charge in [-0.15, -0.1) is 10.2 Å². The fraction of sp³-hybridized carbons (Fsp3) is 0.400. The topological polar surface area (TPSA) is 59.8 Å². The normalized spacial score (nSPS) is 14.3. The van der Waals surface area contributed by atoms with Crippen molar-refractivity contribution < 1.29 is 4.79 Å². The van der Waals surface area contributed by atoms with Crippen molar-refractivity contribution in [2.75, 3.05) is 5.32 Å². The van der Waals surface area contributed by atoms with E-state index in [1.54, 1.807) is 6.33 Å². The molecule has 5 nitrogen and oxygen atoms in total. The number of nitrogens with one attached hydrogen (secondary N) is 1. The third-order valence-electron chi connectivity index (χ3n) is 3.62. The van der Waals surface area contributed by atoms with Gasteiger partial charge in [-0.1, -0.05) is 23.8 Å². The van der Waals surface area contributed by atoms with Crippen molar-refractivity contribution in [3.8, 4) is 0 Å². The molecule has 0 spiro atoms. The number of carbonyl (C=O) groups is 1. The van der Waals surface area contributed by atoms with Crippen molar-refractivity contribution in [1.82, 2.24) is 14.8 Å². The molecule has 2 aromatic rings. The molecule has 1 aromatic heterocycles. The van der Waals surface area contributed by atoms with E-state index < -0.39 is 0 Å². The zero-order valence-corrected chi connectivity index (χ0v) is 11.8. The summed E-state index contributed by atoms with van der Waals surface area (Å²) in [5.41, 5.74) is 3.36. The van der Waals surface area contributed by atoms with Crippen LogP contribution in [0.15, 0.2) is 24.5 Å². The Morgan fingerprint density at radius 1 is 1.40 bits per heavy atom. The average molecular weight is 270 g/mol. The minimum atomic E-state index is -0.0476. The molecule has 20 heavy (non-hydrogen) atoms. The third-order valence-corrected chi connectivity index (χ3v) is 3.62. The van der Waals surface area contributed by atoms with Gasteiger partial charge >= 0.3 is 0 Å². The summed E-state index contributed by atoms with van der Waals surface area (Å²) in [5, 5.41) is 10.7. The molecule has 1 fully saturated rings. The van der Waals surface area contributed by atoms with Gasteiger partial charge in [-0.25, -0.2) is 0 Å². The number of amides is 1. The highest BCUT2D eigenvalue weighted by molar-refractivity contribution is 5.90. The number of nitrogens with zero attached hydrogens (tertiary/aromatic N) is 3. The van der Waals surface area contributed by atoms with Crippen LogP contribution >= 0.6 is 0 Å². The lowest BCUT2D eigenvalue weighted by molar-refractivity contribution is -0.115. The summed E-state index contributed by atoms with van der Waals surface area (Å²) >= 11 is 0. The molecule has 1 N–H and O–H groups in total.